The van der Waals surface area contributed by atoms with E-state index in [1.54, 1.807) is 0 Å². The van der Waals surface area contributed by atoms with Gasteiger partial charge >= 0.3 is 0 Å². The van der Waals surface area contributed by atoms with Gasteiger partial charge in [0.15, 0.2) is 12.0 Å². The zero-order chi connectivity index (χ0) is 15.7. The Labute approximate surface area is 132 Å². The van der Waals surface area contributed by atoms with Crippen molar-refractivity contribution in [3.63, 3.8) is 0 Å². The van der Waals surface area contributed by atoms with Crippen LogP contribution in [0.1, 0.15) is 65.2 Å². The molecule has 1 N–H and O–H groups in total. The molecule has 4 rings (SSSR count). The quantitative estimate of drug-likeness (QED) is 0.737. The molecular weight excluding hydrogens is 279 g/mol. The zero-order valence-corrected chi connectivity index (χ0v) is 13.9. The van der Waals surface area contributed by atoms with Crippen molar-refractivity contribution < 1.29 is 14.3 Å². The second kappa shape index (κ2) is 4.78. The molecule has 3 heteroatoms. The van der Waals surface area contributed by atoms with E-state index in [4.69, 9.17) is 0 Å². The summed E-state index contributed by atoms with van der Waals surface area (Å²) >= 11 is 0. The SMILES string of the molecule is C[C@]12CC[C@H]3[C@@H](CCC4C(F)C(=O)CC[C@@]43C)[C@@H]1CC[C@@H]2O. The van der Waals surface area contributed by atoms with E-state index in [0.717, 1.165) is 44.9 Å². The Kier molecular flexibility index (Phi) is 3.28. The molecule has 124 valence electrons. The number of aliphatic hydroxyl groups excluding tert-OH is 1. The Bertz CT molecular complexity index is 492. The molecule has 4 aliphatic rings. The van der Waals surface area contributed by atoms with Crippen LogP contribution in [0.5, 0.6) is 0 Å². The molecule has 4 saturated carbocycles. The highest BCUT2D eigenvalue weighted by molar-refractivity contribution is 5.84. The van der Waals surface area contributed by atoms with E-state index in [-0.39, 0.29) is 28.6 Å². The van der Waals surface area contributed by atoms with Crippen LogP contribution in [0.15, 0.2) is 0 Å². The summed E-state index contributed by atoms with van der Waals surface area (Å²) in [6, 6.07) is 0. The number of rotatable bonds is 0. The van der Waals surface area contributed by atoms with E-state index in [2.05, 4.69) is 13.8 Å². The first-order chi connectivity index (χ1) is 10.4. The summed E-state index contributed by atoms with van der Waals surface area (Å²) in [5, 5.41) is 10.4. The predicted octanol–water partition coefficient (Wildman–Crippen LogP) is 3.91. The van der Waals surface area contributed by atoms with Gasteiger partial charge < -0.3 is 5.11 Å². The lowest BCUT2D eigenvalue weighted by Crippen LogP contribution is -2.56. The van der Waals surface area contributed by atoms with Crippen molar-refractivity contribution in [3.8, 4) is 0 Å². The summed E-state index contributed by atoms with van der Waals surface area (Å²) < 4.78 is 14.5. The van der Waals surface area contributed by atoms with Gasteiger partial charge in [0.05, 0.1) is 6.10 Å². The summed E-state index contributed by atoms with van der Waals surface area (Å²) in [6.07, 6.45) is 6.14. The van der Waals surface area contributed by atoms with Gasteiger partial charge in [-0.1, -0.05) is 13.8 Å². The van der Waals surface area contributed by atoms with Crippen molar-refractivity contribution in [1.82, 2.24) is 0 Å². The minimum Gasteiger partial charge on any atom is -0.393 e. The average Bonchev–Trinajstić information content (AvgIpc) is 2.79. The van der Waals surface area contributed by atoms with Gasteiger partial charge in [0.2, 0.25) is 0 Å². The van der Waals surface area contributed by atoms with Crippen LogP contribution >= 0.6 is 0 Å². The van der Waals surface area contributed by atoms with Crippen LogP contribution in [-0.2, 0) is 4.79 Å². The Morgan fingerprint density at radius 3 is 2.41 bits per heavy atom. The van der Waals surface area contributed by atoms with Crippen molar-refractivity contribution in [2.75, 3.05) is 0 Å². The molecule has 0 bridgehead atoms. The highest BCUT2D eigenvalue weighted by Crippen LogP contribution is 2.66. The predicted molar refractivity (Wildman–Crippen MR) is 83.0 cm³/mol. The van der Waals surface area contributed by atoms with E-state index in [9.17, 15) is 14.3 Å². The highest BCUT2D eigenvalue weighted by Gasteiger charge is 2.61. The fourth-order valence-corrected chi connectivity index (χ4v) is 7.06. The molecule has 0 spiro atoms. The average molecular weight is 308 g/mol. The van der Waals surface area contributed by atoms with Gasteiger partial charge in [-0.15, -0.1) is 0 Å². The Balaban J connectivity index is 1.65. The number of carbonyl (C=O) groups excluding carboxylic acids is 1. The second-order valence-corrected chi connectivity index (χ2v) is 9.07. The van der Waals surface area contributed by atoms with Crippen LogP contribution in [0.2, 0.25) is 0 Å². The maximum absolute atomic E-state index is 14.5. The lowest BCUT2D eigenvalue weighted by atomic mass is 9.45. The third-order valence-corrected chi connectivity index (χ3v) is 8.46. The van der Waals surface area contributed by atoms with E-state index in [1.807, 2.05) is 0 Å². The number of alkyl halides is 1. The Morgan fingerprint density at radius 2 is 1.64 bits per heavy atom. The molecule has 8 atom stereocenters. The number of ketones is 1. The topological polar surface area (TPSA) is 37.3 Å². The maximum atomic E-state index is 14.5. The van der Waals surface area contributed by atoms with Crippen LogP contribution in [0.3, 0.4) is 0 Å². The zero-order valence-electron chi connectivity index (χ0n) is 13.9. The largest absolute Gasteiger partial charge is 0.393 e. The number of Topliss-reactive ketones (excluding diaryl/α,β-unsaturated/α-hetero) is 1. The smallest absolute Gasteiger partial charge is 0.167 e. The summed E-state index contributed by atoms with van der Waals surface area (Å²) in [7, 11) is 0. The number of hydrogen-bond acceptors (Lipinski definition) is 2. The number of carbonyl (C=O) groups is 1. The molecule has 0 aromatic heterocycles. The van der Waals surface area contributed by atoms with Gasteiger partial charge in [-0.25, -0.2) is 4.39 Å². The summed E-state index contributed by atoms with van der Waals surface area (Å²) in [5.41, 5.74) is 0.0923. The number of hydrogen-bond donors (Lipinski definition) is 1. The number of halogens is 1. The van der Waals surface area contributed by atoms with Crippen molar-refractivity contribution in [1.29, 1.82) is 0 Å². The Morgan fingerprint density at radius 1 is 0.955 bits per heavy atom. The summed E-state index contributed by atoms with van der Waals surface area (Å²) in [6.45, 7) is 4.55. The Hall–Kier alpha value is -0.440. The molecule has 2 nitrogen and oxygen atoms in total. The second-order valence-electron chi connectivity index (χ2n) is 9.07. The fourth-order valence-electron chi connectivity index (χ4n) is 7.06. The minimum atomic E-state index is -1.22. The molecule has 0 amide bonds. The molecule has 4 fully saturated rings. The first-order valence-corrected chi connectivity index (χ1v) is 9.23. The van der Waals surface area contributed by atoms with Crippen LogP contribution in [0.4, 0.5) is 4.39 Å². The van der Waals surface area contributed by atoms with Crippen molar-refractivity contribution >= 4 is 5.78 Å². The molecule has 22 heavy (non-hydrogen) atoms. The molecule has 0 aromatic rings. The number of aliphatic hydroxyl groups is 1. The first kappa shape index (κ1) is 15.1. The molecule has 2 unspecified atom stereocenters. The van der Waals surface area contributed by atoms with E-state index in [0.29, 0.717) is 24.2 Å². The van der Waals surface area contributed by atoms with Crippen LogP contribution in [0, 0.1) is 34.5 Å². The van der Waals surface area contributed by atoms with Gasteiger partial charge in [0.1, 0.15) is 0 Å². The standard InChI is InChI=1S/C19H29FO2/c1-18-10-8-15(21)17(20)14(18)4-3-11-12-5-6-16(22)19(12,2)9-7-13(11)18/h11-14,16-17,22H,3-10H2,1-2H3/t11-,12-,13-,14?,16-,17?,18+,19-/m0/s1. The minimum absolute atomic E-state index is 0.00508. The van der Waals surface area contributed by atoms with Crippen molar-refractivity contribution in [2.45, 2.75) is 77.5 Å². The van der Waals surface area contributed by atoms with Gasteiger partial charge in [-0.2, -0.15) is 0 Å². The first-order valence-electron chi connectivity index (χ1n) is 9.23. The molecule has 0 aromatic carbocycles. The van der Waals surface area contributed by atoms with E-state index >= 15 is 0 Å². The normalized spacial score (nSPS) is 57.9. The van der Waals surface area contributed by atoms with Crippen molar-refractivity contribution in [2.24, 2.45) is 34.5 Å². The van der Waals surface area contributed by atoms with Crippen molar-refractivity contribution in [3.05, 3.63) is 0 Å². The fraction of sp³-hybridized carbons (Fsp3) is 0.947. The maximum Gasteiger partial charge on any atom is 0.167 e. The highest BCUT2D eigenvalue weighted by atomic mass is 19.1. The van der Waals surface area contributed by atoms with Gasteiger partial charge in [0.25, 0.3) is 0 Å². The summed E-state index contributed by atoms with van der Waals surface area (Å²) in [5.74, 6) is 1.59. The number of fused-ring (bicyclic) bond motifs is 5. The van der Waals surface area contributed by atoms with Crippen LogP contribution < -0.4 is 0 Å². The molecular formula is C19H29FO2. The lowest BCUT2D eigenvalue weighted by molar-refractivity contribution is -0.155. The molecule has 0 saturated heterocycles. The van der Waals surface area contributed by atoms with Crippen LogP contribution in [-0.4, -0.2) is 23.2 Å². The molecule has 0 radical (unpaired) electrons. The van der Waals surface area contributed by atoms with Gasteiger partial charge in [-0.05, 0) is 73.5 Å². The monoisotopic (exact) mass is 308 g/mol. The van der Waals surface area contributed by atoms with Crippen LogP contribution in [0.25, 0.3) is 0 Å². The molecule has 0 heterocycles. The van der Waals surface area contributed by atoms with Gasteiger partial charge in [-0.3, -0.25) is 4.79 Å². The molecule has 0 aliphatic heterocycles. The van der Waals surface area contributed by atoms with Gasteiger partial charge in [0, 0.05) is 12.3 Å². The molecule has 4 aliphatic carbocycles. The summed E-state index contributed by atoms with van der Waals surface area (Å²) in [4.78, 5) is 11.8. The third kappa shape index (κ3) is 1.78. The lowest BCUT2D eigenvalue weighted by Gasteiger charge is -2.60. The van der Waals surface area contributed by atoms with E-state index < -0.39 is 6.17 Å². The third-order valence-electron chi connectivity index (χ3n) is 8.46. The van der Waals surface area contributed by atoms with E-state index in [1.165, 1.54) is 0 Å².